The van der Waals surface area contributed by atoms with E-state index in [4.69, 9.17) is 9.72 Å². The van der Waals surface area contributed by atoms with E-state index in [9.17, 15) is 0 Å². The molecule has 1 aliphatic rings. The zero-order valence-corrected chi connectivity index (χ0v) is 13.2. The van der Waals surface area contributed by atoms with Gasteiger partial charge >= 0.3 is 0 Å². The Kier molecular flexibility index (Phi) is 4.81. The lowest BCUT2D eigenvalue weighted by atomic mass is 10.1. The van der Waals surface area contributed by atoms with Crippen LogP contribution >= 0.6 is 11.3 Å². The highest BCUT2D eigenvalue weighted by molar-refractivity contribution is 7.13. The van der Waals surface area contributed by atoms with Crippen LogP contribution in [0.5, 0.6) is 0 Å². The van der Waals surface area contributed by atoms with E-state index in [1.807, 2.05) is 0 Å². The Morgan fingerprint density at radius 3 is 2.68 bits per heavy atom. The van der Waals surface area contributed by atoms with Crippen molar-refractivity contribution < 1.29 is 4.74 Å². The second-order valence-corrected chi connectivity index (χ2v) is 6.98. The molecule has 2 heterocycles. The molecule has 0 amide bonds. The Morgan fingerprint density at radius 2 is 2.11 bits per heavy atom. The van der Waals surface area contributed by atoms with Gasteiger partial charge < -0.3 is 15.0 Å². The number of piperidine rings is 1. The number of hydrogen-bond donors (Lipinski definition) is 1. The molecule has 1 aliphatic heterocycles. The van der Waals surface area contributed by atoms with Crippen molar-refractivity contribution in [1.29, 1.82) is 0 Å². The first-order valence-corrected chi connectivity index (χ1v) is 7.83. The third-order valence-corrected chi connectivity index (χ3v) is 4.34. The van der Waals surface area contributed by atoms with Crippen molar-refractivity contribution in [3.63, 3.8) is 0 Å². The summed E-state index contributed by atoms with van der Waals surface area (Å²) >= 11 is 1.75. The summed E-state index contributed by atoms with van der Waals surface area (Å²) < 4.78 is 5.40. The van der Waals surface area contributed by atoms with Crippen molar-refractivity contribution in [2.24, 2.45) is 0 Å². The van der Waals surface area contributed by atoms with Crippen LogP contribution < -0.4 is 10.2 Å². The van der Waals surface area contributed by atoms with Gasteiger partial charge in [0.05, 0.1) is 11.8 Å². The zero-order valence-electron chi connectivity index (χ0n) is 12.4. The summed E-state index contributed by atoms with van der Waals surface area (Å²) in [5.41, 5.74) is 1.28. The van der Waals surface area contributed by atoms with Crippen LogP contribution in [-0.4, -0.2) is 36.8 Å². The molecule has 1 N–H and O–H groups in total. The van der Waals surface area contributed by atoms with Gasteiger partial charge in [0.2, 0.25) is 0 Å². The minimum atomic E-state index is 0.139. The SMILES string of the molecule is COC1CCN(c2nc(CNC(C)(C)C)cs2)CC1. The molecule has 1 saturated heterocycles. The number of ether oxygens (including phenoxy) is 1. The van der Waals surface area contributed by atoms with Gasteiger partial charge in [-0.1, -0.05) is 0 Å². The molecule has 0 bridgehead atoms. The van der Waals surface area contributed by atoms with Gasteiger partial charge in [-0.15, -0.1) is 11.3 Å². The molecule has 2 rings (SSSR count). The monoisotopic (exact) mass is 283 g/mol. The van der Waals surface area contributed by atoms with Crippen LogP contribution in [0.1, 0.15) is 39.3 Å². The fourth-order valence-corrected chi connectivity index (χ4v) is 3.04. The maximum Gasteiger partial charge on any atom is 0.185 e. The summed E-state index contributed by atoms with van der Waals surface area (Å²) in [6.45, 7) is 9.48. The number of hydrogen-bond acceptors (Lipinski definition) is 5. The van der Waals surface area contributed by atoms with Gasteiger partial charge in [0, 0.05) is 37.7 Å². The first-order valence-electron chi connectivity index (χ1n) is 6.95. The Labute approximate surface area is 120 Å². The van der Waals surface area contributed by atoms with Crippen molar-refractivity contribution in [2.45, 2.75) is 51.8 Å². The molecule has 0 spiro atoms. The molecule has 5 heteroatoms. The number of anilines is 1. The number of thiazole rings is 1. The predicted molar refractivity (Wildman–Crippen MR) is 81.0 cm³/mol. The van der Waals surface area contributed by atoms with E-state index in [-0.39, 0.29) is 5.54 Å². The van der Waals surface area contributed by atoms with E-state index in [0.717, 1.165) is 43.3 Å². The number of nitrogens with zero attached hydrogens (tertiary/aromatic N) is 2. The van der Waals surface area contributed by atoms with Gasteiger partial charge in [0.25, 0.3) is 0 Å². The molecule has 0 saturated carbocycles. The van der Waals surface area contributed by atoms with Gasteiger partial charge in [0.15, 0.2) is 5.13 Å². The number of methoxy groups -OCH3 is 1. The second-order valence-electron chi connectivity index (χ2n) is 6.15. The smallest absolute Gasteiger partial charge is 0.185 e. The lowest BCUT2D eigenvalue weighted by Crippen LogP contribution is -2.37. The molecule has 4 nitrogen and oxygen atoms in total. The summed E-state index contributed by atoms with van der Waals surface area (Å²) in [5, 5.41) is 6.79. The Morgan fingerprint density at radius 1 is 1.42 bits per heavy atom. The van der Waals surface area contributed by atoms with Gasteiger partial charge in [-0.3, -0.25) is 0 Å². The normalized spacial score (nSPS) is 18.0. The van der Waals surface area contributed by atoms with Crippen LogP contribution in [0.25, 0.3) is 0 Å². The minimum absolute atomic E-state index is 0.139. The molecule has 0 aromatic carbocycles. The van der Waals surface area contributed by atoms with Crippen molar-refractivity contribution in [2.75, 3.05) is 25.1 Å². The highest BCUT2D eigenvalue weighted by Crippen LogP contribution is 2.25. The highest BCUT2D eigenvalue weighted by atomic mass is 32.1. The maximum absolute atomic E-state index is 5.40. The van der Waals surface area contributed by atoms with E-state index in [1.54, 1.807) is 18.4 Å². The number of aromatic nitrogens is 1. The molecule has 1 aromatic heterocycles. The number of nitrogens with one attached hydrogen (secondary N) is 1. The summed E-state index contributed by atoms with van der Waals surface area (Å²) in [5.74, 6) is 0. The van der Waals surface area contributed by atoms with Gasteiger partial charge in [-0.25, -0.2) is 4.98 Å². The van der Waals surface area contributed by atoms with Crippen LogP contribution in [0, 0.1) is 0 Å². The van der Waals surface area contributed by atoms with Gasteiger partial charge in [-0.05, 0) is 33.6 Å². The zero-order chi connectivity index (χ0) is 13.9. The lowest BCUT2D eigenvalue weighted by Gasteiger charge is -2.30. The first kappa shape index (κ1) is 14.8. The quantitative estimate of drug-likeness (QED) is 0.922. The van der Waals surface area contributed by atoms with Gasteiger partial charge in [-0.2, -0.15) is 0 Å². The Hall–Kier alpha value is -0.650. The number of rotatable bonds is 4. The maximum atomic E-state index is 5.40. The minimum Gasteiger partial charge on any atom is -0.381 e. The molecule has 1 fully saturated rings. The van der Waals surface area contributed by atoms with Crippen molar-refractivity contribution in [3.8, 4) is 0 Å². The lowest BCUT2D eigenvalue weighted by molar-refractivity contribution is 0.0819. The molecule has 1 aromatic rings. The summed E-state index contributed by atoms with van der Waals surface area (Å²) in [6.07, 6.45) is 2.63. The van der Waals surface area contributed by atoms with Crippen molar-refractivity contribution in [1.82, 2.24) is 10.3 Å². The van der Waals surface area contributed by atoms with Crippen molar-refractivity contribution >= 4 is 16.5 Å². The standard InChI is InChI=1S/C14H25N3OS/c1-14(2,3)15-9-11-10-19-13(16-11)17-7-5-12(18-4)6-8-17/h10,12,15H,5-9H2,1-4H3. The van der Waals surface area contributed by atoms with E-state index in [0.29, 0.717) is 6.10 Å². The molecule has 0 atom stereocenters. The van der Waals surface area contributed by atoms with E-state index in [2.05, 4.69) is 36.4 Å². The first-order chi connectivity index (χ1) is 8.98. The molecule has 0 aliphatic carbocycles. The van der Waals surface area contributed by atoms with Crippen LogP contribution in [0.3, 0.4) is 0 Å². The average Bonchev–Trinajstić information content (AvgIpc) is 2.84. The highest BCUT2D eigenvalue weighted by Gasteiger charge is 2.21. The summed E-state index contributed by atoms with van der Waals surface area (Å²) in [7, 11) is 1.81. The Bertz CT molecular complexity index is 392. The fourth-order valence-electron chi connectivity index (χ4n) is 2.16. The molecule has 19 heavy (non-hydrogen) atoms. The summed E-state index contributed by atoms with van der Waals surface area (Å²) in [4.78, 5) is 7.10. The molecule has 0 radical (unpaired) electrons. The van der Waals surface area contributed by atoms with Crippen LogP contribution in [0.2, 0.25) is 0 Å². The van der Waals surface area contributed by atoms with Crippen LogP contribution in [-0.2, 0) is 11.3 Å². The third kappa shape index (κ3) is 4.44. The molecular weight excluding hydrogens is 258 g/mol. The van der Waals surface area contributed by atoms with E-state index < -0.39 is 0 Å². The van der Waals surface area contributed by atoms with E-state index >= 15 is 0 Å². The van der Waals surface area contributed by atoms with Crippen molar-refractivity contribution in [3.05, 3.63) is 11.1 Å². The summed E-state index contributed by atoms with van der Waals surface area (Å²) in [6, 6.07) is 0. The van der Waals surface area contributed by atoms with E-state index in [1.165, 1.54) is 0 Å². The van der Waals surface area contributed by atoms with Crippen LogP contribution in [0.15, 0.2) is 5.38 Å². The predicted octanol–water partition coefficient (Wildman–Crippen LogP) is 2.65. The van der Waals surface area contributed by atoms with Crippen LogP contribution in [0.4, 0.5) is 5.13 Å². The third-order valence-electron chi connectivity index (χ3n) is 3.39. The Balaban J connectivity index is 1.87. The molecule has 108 valence electrons. The largest absolute Gasteiger partial charge is 0.381 e. The topological polar surface area (TPSA) is 37.4 Å². The molecular formula is C14H25N3OS. The molecule has 0 unspecified atom stereocenters. The second kappa shape index (κ2) is 6.20. The van der Waals surface area contributed by atoms with Gasteiger partial charge in [0.1, 0.15) is 0 Å². The average molecular weight is 283 g/mol. The fraction of sp³-hybridized carbons (Fsp3) is 0.786.